The van der Waals surface area contributed by atoms with E-state index in [9.17, 15) is 0 Å². The Morgan fingerprint density at radius 1 is 1.50 bits per heavy atom. The number of pyridine rings is 1. The van der Waals surface area contributed by atoms with Crippen LogP contribution in [0.15, 0.2) is 18.3 Å². The van der Waals surface area contributed by atoms with E-state index >= 15 is 0 Å². The van der Waals surface area contributed by atoms with Crippen molar-refractivity contribution in [1.29, 1.82) is 0 Å². The third kappa shape index (κ3) is 1.56. The Labute approximate surface area is 59.6 Å². The van der Waals surface area contributed by atoms with Crippen molar-refractivity contribution in [3.05, 3.63) is 24.0 Å². The second-order valence-corrected chi connectivity index (χ2v) is 1.87. The maximum Gasteiger partial charge on any atom is 0.328 e. The number of hydrogen-bond donors (Lipinski definition) is 2. The molecule has 0 saturated carbocycles. The highest BCUT2D eigenvalue weighted by molar-refractivity contribution is 6.45. The lowest BCUT2D eigenvalue weighted by Gasteiger charge is -1.94. The fourth-order valence-electron chi connectivity index (χ4n) is 0.606. The largest absolute Gasteiger partial charge is 0.450 e. The Balaban J connectivity index is 2.80. The fourth-order valence-corrected chi connectivity index (χ4v) is 0.606. The van der Waals surface area contributed by atoms with E-state index in [1.165, 1.54) is 6.20 Å². The lowest BCUT2D eigenvalue weighted by molar-refractivity contribution is 0.277. The number of aliphatic hydroxyl groups is 1. The van der Waals surface area contributed by atoms with Gasteiger partial charge in [-0.3, -0.25) is 4.98 Å². The summed E-state index contributed by atoms with van der Waals surface area (Å²) in [6.45, 7) is -0.0638. The molecule has 1 aromatic heterocycles. The SMILES string of the molecule is O[B]c1ccc(CO)nc1. The van der Waals surface area contributed by atoms with Gasteiger partial charge >= 0.3 is 7.48 Å². The van der Waals surface area contributed by atoms with Crippen LogP contribution in [-0.4, -0.2) is 22.6 Å². The Kier molecular flexibility index (Phi) is 2.42. The van der Waals surface area contributed by atoms with Gasteiger partial charge in [0.15, 0.2) is 0 Å². The molecule has 2 N–H and O–H groups in total. The first-order valence-electron chi connectivity index (χ1n) is 2.90. The lowest BCUT2D eigenvalue weighted by Crippen LogP contribution is -2.13. The summed E-state index contributed by atoms with van der Waals surface area (Å²) in [6, 6.07) is 3.33. The van der Waals surface area contributed by atoms with Crippen LogP contribution in [0.2, 0.25) is 0 Å². The first-order chi connectivity index (χ1) is 4.86. The summed E-state index contributed by atoms with van der Waals surface area (Å²) in [5.74, 6) is 0. The maximum atomic E-state index is 8.57. The van der Waals surface area contributed by atoms with Gasteiger partial charge in [-0.1, -0.05) is 6.07 Å². The Hall–Kier alpha value is -0.865. The minimum atomic E-state index is -0.0638. The van der Waals surface area contributed by atoms with E-state index in [1.807, 2.05) is 0 Å². The van der Waals surface area contributed by atoms with Crippen molar-refractivity contribution in [2.24, 2.45) is 0 Å². The average molecular weight is 136 g/mol. The van der Waals surface area contributed by atoms with Crippen LogP contribution in [-0.2, 0) is 6.61 Å². The molecule has 51 valence electrons. The zero-order valence-corrected chi connectivity index (χ0v) is 5.36. The molecule has 0 spiro atoms. The van der Waals surface area contributed by atoms with Gasteiger partial charge < -0.3 is 10.1 Å². The molecule has 1 aromatic rings. The van der Waals surface area contributed by atoms with Crippen LogP contribution >= 0.6 is 0 Å². The lowest BCUT2D eigenvalue weighted by atomic mass is 9.91. The quantitative estimate of drug-likeness (QED) is 0.502. The average Bonchev–Trinajstić information content (AvgIpc) is 2.05. The van der Waals surface area contributed by atoms with E-state index in [0.717, 1.165) is 7.48 Å². The second-order valence-electron chi connectivity index (χ2n) is 1.87. The zero-order valence-electron chi connectivity index (χ0n) is 5.36. The summed E-state index contributed by atoms with van der Waals surface area (Å²) in [4.78, 5) is 3.83. The van der Waals surface area contributed by atoms with Crippen LogP contribution in [0.3, 0.4) is 0 Å². The van der Waals surface area contributed by atoms with Crippen molar-refractivity contribution >= 4 is 12.9 Å². The molecule has 0 fully saturated rings. The molecule has 0 aliphatic carbocycles. The molecular formula is C6H7BNO2. The van der Waals surface area contributed by atoms with Gasteiger partial charge in [-0.15, -0.1) is 0 Å². The number of rotatable bonds is 2. The molecule has 0 bridgehead atoms. The molecular weight excluding hydrogens is 129 g/mol. The van der Waals surface area contributed by atoms with Gasteiger partial charge in [0, 0.05) is 6.20 Å². The molecule has 1 radical (unpaired) electrons. The first-order valence-corrected chi connectivity index (χ1v) is 2.90. The summed E-state index contributed by atoms with van der Waals surface area (Å²) < 4.78 is 0. The van der Waals surface area contributed by atoms with E-state index in [2.05, 4.69) is 4.98 Å². The highest BCUT2D eigenvalue weighted by Gasteiger charge is 1.93. The Morgan fingerprint density at radius 2 is 2.30 bits per heavy atom. The van der Waals surface area contributed by atoms with Crippen molar-refractivity contribution in [2.45, 2.75) is 6.61 Å². The molecule has 0 aliphatic rings. The summed E-state index contributed by atoms with van der Waals surface area (Å²) in [5, 5.41) is 17.0. The van der Waals surface area contributed by atoms with Gasteiger partial charge in [0.1, 0.15) is 0 Å². The third-order valence-electron chi connectivity index (χ3n) is 1.16. The highest BCUT2D eigenvalue weighted by Crippen LogP contribution is 1.88. The number of aliphatic hydroxyl groups excluding tert-OH is 1. The van der Waals surface area contributed by atoms with Crippen LogP contribution in [0.1, 0.15) is 5.69 Å². The second kappa shape index (κ2) is 3.34. The van der Waals surface area contributed by atoms with E-state index < -0.39 is 0 Å². The summed E-state index contributed by atoms with van der Waals surface area (Å²) in [6.07, 6.45) is 1.49. The fraction of sp³-hybridized carbons (Fsp3) is 0.167. The van der Waals surface area contributed by atoms with Crippen molar-refractivity contribution < 1.29 is 10.1 Å². The zero-order chi connectivity index (χ0) is 7.40. The Bertz CT molecular complexity index is 176. The van der Waals surface area contributed by atoms with E-state index in [1.54, 1.807) is 12.1 Å². The third-order valence-corrected chi connectivity index (χ3v) is 1.16. The molecule has 0 unspecified atom stereocenters. The van der Waals surface area contributed by atoms with E-state index in [-0.39, 0.29) is 6.61 Å². The molecule has 0 atom stereocenters. The molecule has 1 heterocycles. The predicted molar refractivity (Wildman–Crippen MR) is 37.8 cm³/mol. The Morgan fingerprint density at radius 3 is 2.70 bits per heavy atom. The van der Waals surface area contributed by atoms with Crippen LogP contribution in [0.4, 0.5) is 0 Å². The molecule has 0 saturated heterocycles. The molecule has 4 heteroatoms. The van der Waals surface area contributed by atoms with Gasteiger partial charge in [0.05, 0.1) is 12.3 Å². The smallest absolute Gasteiger partial charge is 0.328 e. The minimum absolute atomic E-state index is 0.0638. The van der Waals surface area contributed by atoms with Crippen molar-refractivity contribution in [2.75, 3.05) is 0 Å². The normalized spacial score (nSPS) is 9.40. The van der Waals surface area contributed by atoms with Gasteiger partial charge in [-0.05, 0) is 11.5 Å². The molecule has 10 heavy (non-hydrogen) atoms. The van der Waals surface area contributed by atoms with Crippen LogP contribution < -0.4 is 5.46 Å². The van der Waals surface area contributed by atoms with Crippen LogP contribution in [0.25, 0.3) is 0 Å². The minimum Gasteiger partial charge on any atom is -0.450 e. The monoisotopic (exact) mass is 136 g/mol. The standard InChI is InChI=1S/C6H7BNO2/c9-4-6-2-1-5(7-10)3-8-6/h1-3,9-10H,4H2. The van der Waals surface area contributed by atoms with E-state index in [4.69, 9.17) is 10.1 Å². The van der Waals surface area contributed by atoms with Gasteiger partial charge in [0.25, 0.3) is 0 Å². The van der Waals surface area contributed by atoms with Gasteiger partial charge in [-0.25, -0.2) is 0 Å². The molecule has 0 aliphatic heterocycles. The molecule has 1 rings (SSSR count). The van der Waals surface area contributed by atoms with Crippen LogP contribution in [0.5, 0.6) is 0 Å². The number of hydrogen-bond acceptors (Lipinski definition) is 3. The maximum absolute atomic E-state index is 8.57. The summed E-state index contributed by atoms with van der Waals surface area (Å²) in [5.41, 5.74) is 1.24. The first kappa shape index (κ1) is 7.24. The van der Waals surface area contributed by atoms with Crippen molar-refractivity contribution in [3.63, 3.8) is 0 Å². The van der Waals surface area contributed by atoms with Gasteiger partial charge in [0.2, 0.25) is 0 Å². The molecule has 3 nitrogen and oxygen atoms in total. The highest BCUT2D eigenvalue weighted by atomic mass is 16.3. The molecule has 0 amide bonds. The van der Waals surface area contributed by atoms with Gasteiger partial charge in [-0.2, -0.15) is 0 Å². The van der Waals surface area contributed by atoms with Crippen LogP contribution in [0, 0.1) is 0 Å². The molecule has 0 aromatic carbocycles. The topological polar surface area (TPSA) is 53.4 Å². The number of aromatic nitrogens is 1. The number of nitrogens with zero attached hydrogens (tertiary/aromatic N) is 1. The predicted octanol–water partition coefficient (Wildman–Crippen LogP) is -1.19. The van der Waals surface area contributed by atoms with Crippen molar-refractivity contribution in [3.8, 4) is 0 Å². The summed E-state index contributed by atoms with van der Waals surface area (Å²) >= 11 is 0. The summed E-state index contributed by atoms with van der Waals surface area (Å²) in [7, 11) is 0.966. The van der Waals surface area contributed by atoms with Crippen molar-refractivity contribution in [1.82, 2.24) is 4.98 Å². The van der Waals surface area contributed by atoms with E-state index in [0.29, 0.717) is 11.2 Å².